The minimum Gasteiger partial charge on any atom is -0.478 e. The van der Waals surface area contributed by atoms with Gasteiger partial charge in [0.25, 0.3) is 0 Å². The Morgan fingerprint density at radius 1 is 1.14 bits per heavy atom. The van der Waals surface area contributed by atoms with Crippen LogP contribution in [-0.2, 0) is 7.05 Å². The van der Waals surface area contributed by atoms with Gasteiger partial charge in [0.1, 0.15) is 39.0 Å². The van der Waals surface area contributed by atoms with Gasteiger partial charge in [-0.1, -0.05) is 23.2 Å². The number of pyridine rings is 1. The molecule has 10 heteroatoms. The van der Waals surface area contributed by atoms with Gasteiger partial charge in [-0.25, -0.2) is 23.5 Å². The minimum absolute atomic E-state index is 0.00621. The van der Waals surface area contributed by atoms with E-state index in [0.29, 0.717) is 6.07 Å². The molecule has 1 N–H and O–H groups in total. The average molecular weight is 423 g/mol. The van der Waals surface area contributed by atoms with Gasteiger partial charge >= 0.3 is 5.97 Å². The number of imidazole rings is 2. The van der Waals surface area contributed by atoms with E-state index in [2.05, 4.69) is 9.97 Å². The largest absolute Gasteiger partial charge is 0.478 e. The van der Waals surface area contributed by atoms with Gasteiger partial charge in [-0.05, 0) is 18.2 Å². The highest BCUT2D eigenvalue weighted by Crippen LogP contribution is 2.40. The maximum Gasteiger partial charge on any atom is 0.335 e. The Balaban J connectivity index is 2.03. The van der Waals surface area contributed by atoms with Crippen LogP contribution in [0.2, 0.25) is 10.3 Å². The molecule has 6 nitrogen and oxygen atoms in total. The van der Waals surface area contributed by atoms with Crippen LogP contribution in [0.5, 0.6) is 0 Å². The van der Waals surface area contributed by atoms with Gasteiger partial charge in [0, 0.05) is 30.4 Å². The fourth-order valence-electron chi connectivity index (χ4n) is 2.90. The number of fused-ring (bicyclic) bond motifs is 1. The number of halogens is 4. The molecule has 1 aromatic carbocycles. The molecule has 0 spiro atoms. The van der Waals surface area contributed by atoms with Crippen LogP contribution in [0.25, 0.3) is 28.2 Å². The summed E-state index contributed by atoms with van der Waals surface area (Å²) >= 11 is 12.6. The summed E-state index contributed by atoms with van der Waals surface area (Å²) in [6.45, 7) is 0. The topological polar surface area (TPSA) is 72.4 Å². The molecule has 3 heterocycles. The molecule has 0 amide bonds. The zero-order valence-electron chi connectivity index (χ0n) is 14.1. The van der Waals surface area contributed by atoms with Gasteiger partial charge in [-0.2, -0.15) is 0 Å². The number of carboxylic acids is 1. The first-order valence-electron chi connectivity index (χ1n) is 7.85. The average Bonchev–Trinajstić information content (AvgIpc) is 3.14. The second-order valence-corrected chi connectivity index (χ2v) is 6.72. The second-order valence-electron chi connectivity index (χ2n) is 6.01. The normalized spacial score (nSPS) is 11.3. The molecule has 142 valence electrons. The molecule has 0 saturated carbocycles. The summed E-state index contributed by atoms with van der Waals surface area (Å²) < 4.78 is 31.7. The third-order valence-corrected chi connectivity index (χ3v) is 5.03. The van der Waals surface area contributed by atoms with Crippen molar-refractivity contribution < 1.29 is 18.7 Å². The number of nitrogens with zero attached hydrogens (tertiary/aromatic N) is 4. The van der Waals surface area contributed by atoms with Gasteiger partial charge < -0.3 is 9.67 Å². The molecule has 0 aliphatic rings. The van der Waals surface area contributed by atoms with E-state index in [4.69, 9.17) is 28.3 Å². The Bertz CT molecular complexity index is 1270. The van der Waals surface area contributed by atoms with E-state index in [1.165, 1.54) is 33.6 Å². The van der Waals surface area contributed by atoms with Gasteiger partial charge in [-0.3, -0.25) is 4.40 Å². The second kappa shape index (κ2) is 6.57. The summed E-state index contributed by atoms with van der Waals surface area (Å²) in [7, 11) is 1.64. The van der Waals surface area contributed by atoms with Crippen molar-refractivity contribution in [3.05, 3.63) is 64.3 Å². The SMILES string of the molecule is Cn1cnc(-c2cc(F)cc(F)c2-c2nc3cc(C(=O)O)ccn3c2Cl)c1Cl. The molecular weight excluding hydrogens is 413 g/mol. The predicted octanol–water partition coefficient (Wildman–Crippen LogP) is 4.69. The fourth-order valence-corrected chi connectivity index (χ4v) is 3.38. The molecule has 0 unspecified atom stereocenters. The lowest BCUT2D eigenvalue weighted by Gasteiger charge is -2.09. The van der Waals surface area contributed by atoms with Crippen molar-refractivity contribution in [1.29, 1.82) is 0 Å². The van der Waals surface area contributed by atoms with E-state index in [-0.39, 0.29) is 44.0 Å². The molecule has 4 aromatic rings. The van der Waals surface area contributed by atoms with E-state index in [1.807, 2.05) is 0 Å². The quantitative estimate of drug-likeness (QED) is 0.519. The smallest absolute Gasteiger partial charge is 0.335 e. The predicted molar refractivity (Wildman–Crippen MR) is 99.7 cm³/mol. The van der Waals surface area contributed by atoms with E-state index in [0.717, 1.165) is 6.07 Å². The van der Waals surface area contributed by atoms with Crippen molar-refractivity contribution in [3.8, 4) is 22.5 Å². The number of aryl methyl sites for hydroxylation is 1. The summed E-state index contributed by atoms with van der Waals surface area (Å²) in [6.07, 6.45) is 2.82. The van der Waals surface area contributed by atoms with Crippen LogP contribution in [-0.4, -0.2) is 30.0 Å². The number of carboxylic acid groups (broad SMARTS) is 1. The Kier molecular flexibility index (Phi) is 4.32. The van der Waals surface area contributed by atoms with E-state index in [1.54, 1.807) is 7.05 Å². The number of aromatic carboxylic acids is 1. The molecule has 0 atom stereocenters. The number of rotatable bonds is 3. The summed E-state index contributed by atoms with van der Waals surface area (Å²) in [6, 6.07) is 4.44. The number of benzene rings is 1. The minimum atomic E-state index is -1.14. The first-order chi connectivity index (χ1) is 13.3. The molecule has 3 aromatic heterocycles. The van der Waals surface area contributed by atoms with Crippen LogP contribution < -0.4 is 0 Å². The molecule has 0 bridgehead atoms. The van der Waals surface area contributed by atoms with E-state index < -0.39 is 17.6 Å². The molecular formula is C18H10Cl2F2N4O2. The van der Waals surface area contributed by atoms with E-state index in [9.17, 15) is 13.6 Å². The van der Waals surface area contributed by atoms with Gasteiger partial charge in [0.05, 0.1) is 11.9 Å². The third-order valence-electron chi connectivity index (χ3n) is 4.23. The highest BCUT2D eigenvalue weighted by atomic mass is 35.5. The number of hydrogen-bond acceptors (Lipinski definition) is 3. The highest BCUT2D eigenvalue weighted by molar-refractivity contribution is 6.33. The molecule has 28 heavy (non-hydrogen) atoms. The van der Waals surface area contributed by atoms with Crippen LogP contribution >= 0.6 is 23.2 Å². The van der Waals surface area contributed by atoms with Crippen LogP contribution in [0.15, 0.2) is 36.8 Å². The van der Waals surface area contributed by atoms with Crippen molar-refractivity contribution in [1.82, 2.24) is 18.9 Å². The molecule has 0 saturated heterocycles. The zero-order valence-corrected chi connectivity index (χ0v) is 15.6. The Morgan fingerprint density at radius 3 is 2.54 bits per heavy atom. The van der Waals surface area contributed by atoms with Crippen LogP contribution in [0, 0.1) is 11.6 Å². The molecule has 0 fully saturated rings. The lowest BCUT2D eigenvalue weighted by Crippen LogP contribution is -1.97. The van der Waals surface area contributed by atoms with Crippen molar-refractivity contribution in [3.63, 3.8) is 0 Å². The van der Waals surface area contributed by atoms with Crippen LogP contribution in [0.1, 0.15) is 10.4 Å². The number of aromatic nitrogens is 4. The summed E-state index contributed by atoms with van der Waals surface area (Å²) in [5, 5.41) is 9.35. The van der Waals surface area contributed by atoms with Crippen molar-refractivity contribution >= 4 is 34.8 Å². The van der Waals surface area contributed by atoms with Gasteiger partial charge in [0.2, 0.25) is 0 Å². The van der Waals surface area contributed by atoms with Crippen molar-refractivity contribution in [2.75, 3.05) is 0 Å². The molecule has 0 radical (unpaired) electrons. The molecule has 0 aliphatic carbocycles. The molecule has 0 aliphatic heterocycles. The lowest BCUT2D eigenvalue weighted by molar-refractivity contribution is 0.0697. The van der Waals surface area contributed by atoms with Gasteiger partial charge in [-0.15, -0.1) is 0 Å². The third kappa shape index (κ3) is 2.81. The highest BCUT2D eigenvalue weighted by Gasteiger charge is 2.24. The number of hydrogen-bond donors (Lipinski definition) is 1. The van der Waals surface area contributed by atoms with E-state index >= 15 is 0 Å². The maximum absolute atomic E-state index is 14.8. The Morgan fingerprint density at radius 2 is 1.89 bits per heavy atom. The molecule has 4 rings (SSSR count). The summed E-state index contributed by atoms with van der Waals surface area (Å²) in [5.41, 5.74) is 0.352. The summed E-state index contributed by atoms with van der Waals surface area (Å²) in [5.74, 6) is -2.86. The Labute approximate surface area is 166 Å². The van der Waals surface area contributed by atoms with Crippen molar-refractivity contribution in [2.24, 2.45) is 7.05 Å². The fraction of sp³-hybridized carbons (Fsp3) is 0.0556. The maximum atomic E-state index is 14.8. The first kappa shape index (κ1) is 18.4. The standard InChI is InChI=1S/C18H10Cl2F2N4O2/c1-25-7-23-14(16(25)19)10-5-9(21)6-11(22)13(10)15-17(20)26-3-2-8(18(27)28)4-12(26)24-15/h2-7H,1H3,(H,27,28). The Hall–Kier alpha value is -2.97. The lowest BCUT2D eigenvalue weighted by atomic mass is 10.0. The van der Waals surface area contributed by atoms with Crippen LogP contribution in [0.3, 0.4) is 0 Å². The number of carbonyl (C=O) groups is 1. The van der Waals surface area contributed by atoms with Gasteiger partial charge in [0.15, 0.2) is 0 Å². The monoisotopic (exact) mass is 422 g/mol. The van der Waals surface area contributed by atoms with Crippen molar-refractivity contribution in [2.45, 2.75) is 0 Å². The zero-order chi connectivity index (χ0) is 20.2. The first-order valence-corrected chi connectivity index (χ1v) is 8.61. The van der Waals surface area contributed by atoms with Crippen LogP contribution in [0.4, 0.5) is 8.78 Å². The summed E-state index contributed by atoms with van der Waals surface area (Å²) in [4.78, 5) is 19.6.